The first-order valence-electron chi connectivity index (χ1n) is 13.2. The number of hydrogen-bond donors (Lipinski definition) is 1. The third kappa shape index (κ3) is 6.04. The van der Waals surface area contributed by atoms with Gasteiger partial charge >= 0.3 is 0 Å². The fourth-order valence-electron chi connectivity index (χ4n) is 5.54. The van der Waals surface area contributed by atoms with E-state index in [-0.39, 0.29) is 18.4 Å². The maximum absolute atomic E-state index is 14.1. The molecule has 1 saturated carbocycles. The van der Waals surface area contributed by atoms with Crippen molar-refractivity contribution in [2.24, 2.45) is 5.92 Å². The van der Waals surface area contributed by atoms with Crippen LogP contribution >= 0.6 is 0 Å². The number of para-hydroxylation sites is 2. The van der Waals surface area contributed by atoms with E-state index in [9.17, 15) is 17.6 Å². The molecule has 1 aromatic carbocycles. The van der Waals surface area contributed by atoms with Gasteiger partial charge in [0.15, 0.2) is 5.82 Å². The van der Waals surface area contributed by atoms with Crippen molar-refractivity contribution in [2.75, 3.05) is 56.7 Å². The van der Waals surface area contributed by atoms with Crippen LogP contribution in [0.15, 0.2) is 36.4 Å². The van der Waals surface area contributed by atoms with Gasteiger partial charge in [0.2, 0.25) is 0 Å². The molecule has 1 N–H and O–H groups in total. The molecule has 2 aromatic heterocycles. The molecule has 1 aliphatic carbocycles. The summed E-state index contributed by atoms with van der Waals surface area (Å²) in [5.41, 5.74) is 1.69. The highest BCUT2D eigenvalue weighted by molar-refractivity contribution is 5.79. The summed E-state index contributed by atoms with van der Waals surface area (Å²) in [6.07, 6.45) is -1.44. The normalized spacial score (nSPS) is 20.7. The average Bonchev–Trinajstić information content (AvgIpc) is 3.32. The number of alkyl halides is 4. The quantitative estimate of drug-likeness (QED) is 0.373. The summed E-state index contributed by atoms with van der Waals surface area (Å²) < 4.78 is 60.7. The number of hydrogen-bond acceptors (Lipinski definition) is 6. The molecule has 0 spiro atoms. The standard InChI is InChI=1S/C27H34F4N6O/c1-35(17-23(28)29)19-8-6-18(7-9-19)16-32-24-14-20(15-25(34-24)36-10-12-38-13-11-36)37-22-5-3-2-4-21(22)33-27(37)26(30)31/h2-5,14-15,18-19,23,26H,6-13,16-17H2,1H3,(H,32,34)/t18-,19-. The highest BCUT2D eigenvalue weighted by atomic mass is 19.3. The number of morpholine rings is 1. The summed E-state index contributed by atoms with van der Waals surface area (Å²) >= 11 is 0. The summed E-state index contributed by atoms with van der Waals surface area (Å²) in [7, 11) is 1.77. The number of imidazole rings is 1. The minimum absolute atomic E-state index is 0.178. The topological polar surface area (TPSA) is 58.5 Å². The van der Waals surface area contributed by atoms with Crippen molar-refractivity contribution in [1.82, 2.24) is 19.4 Å². The molecular formula is C27H34F4N6O. The highest BCUT2D eigenvalue weighted by Crippen LogP contribution is 2.32. The largest absolute Gasteiger partial charge is 0.378 e. The van der Waals surface area contributed by atoms with Crippen molar-refractivity contribution >= 4 is 22.7 Å². The molecule has 0 atom stereocenters. The first-order valence-corrected chi connectivity index (χ1v) is 13.2. The summed E-state index contributed by atoms with van der Waals surface area (Å²) in [5.74, 6) is 1.39. The molecule has 5 rings (SSSR count). The van der Waals surface area contributed by atoms with E-state index in [2.05, 4.69) is 15.2 Å². The first-order chi connectivity index (χ1) is 18.4. The van der Waals surface area contributed by atoms with Gasteiger partial charge in [0, 0.05) is 37.8 Å². The van der Waals surface area contributed by atoms with Crippen LogP contribution < -0.4 is 10.2 Å². The number of fused-ring (bicyclic) bond motifs is 1. The zero-order chi connectivity index (χ0) is 26.6. The summed E-state index contributed by atoms with van der Waals surface area (Å²) in [5, 5.41) is 3.45. The lowest BCUT2D eigenvalue weighted by Gasteiger charge is -2.34. The van der Waals surface area contributed by atoms with Crippen molar-refractivity contribution in [2.45, 2.75) is 44.6 Å². The Hall–Kier alpha value is -2.92. The van der Waals surface area contributed by atoms with E-state index in [0.717, 1.165) is 25.7 Å². The molecule has 38 heavy (non-hydrogen) atoms. The number of nitrogens with one attached hydrogen (secondary N) is 1. The molecule has 1 saturated heterocycles. The van der Waals surface area contributed by atoms with Crippen molar-refractivity contribution in [3.05, 3.63) is 42.2 Å². The SMILES string of the molecule is CN(CC(F)F)[C@H]1CC[C@H](CNc2cc(-n3c(C(F)F)nc4ccccc43)cc(N3CCOCC3)n2)CC1. The van der Waals surface area contributed by atoms with E-state index in [4.69, 9.17) is 9.72 Å². The van der Waals surface area contributed by atoms with Crippen LogP contribution in [0, 0.1) is 5.92 Å². The number of nitrogens with zero attached hydrogens (tertiary/aromatic N) is 5. The van der Waals surface area contributed by atoms with Gasteiger partial charge < -0.3 is 15.0 Å². The second-order valence-corrected chi connectivity index (χ2v) is 10.1. The smallest absolute Gasteiger partial charge is 0.295 e. The van der Waals surface area contributed by atoms with Gasteiger partial charge in [0.1, 0.15) is 11.6 Å². The summed E-state index contributed by atoms with van der Waals surface area (Å²) in [4.78, 5) is 12.9. The molecule has 2 aliphatic rings. The molecule has 2 fully saturated rings. The molecule has 0 unspecified atom stereocenters. The van der Waals surface area contributed by atoms with Crippen LogP contribution in [0.1, 0.15) is 37.9 Å². The van der Waals surface area contributed by atoms with Crippen LogP contribution in [-0.4, -0.2) is 78.3 Å². The Labute approximate surface area is 219 Å². The van der Waals surface area contributed by atoms with Crippen LogP contribution in [0.25, 0.3) is 16.7 Å². The predicted molar refractivity (Wildman–Crippen MR) is 140 cm³/mol. The van der Waals surface area contributed by atoms with E-state index in [0.29, 0.717) is 67.1 Å². The number of anilines is 2. The van der Waals surface area contributed by atoms with Gasteiger partial charge in [-0.25, -0.2) is 27.5 Å². The van der Waals surface area contributed by atoms with Crippen molar-refractivity contribution in [3.8, 4) is 5.69 Å². The van der Waals surface area contributed by atoms with Gasteiger partial charge in [-0.05, 0) is 50.8 Å². The monoisotopic (exact) mass is 534 g/mol. The van der Waals surface area contributed by atoms with Gasteiger partial charge in [-0.15, -0.1) is 0 Å². The lowest BCUT2D eigenvalue weighted by molar-refractivity contribution is 0.0660. The number of rotatable bonds is 9. The molecule has 3 heterocycles. The molecule has 0 radical (unpaired) electrons. The maximum Gasteiger partial charge on any atom is 0.295 e. The van der Waals surface area contributed by atoms with Crippen molar-refractivity contribution < 1.29 is 22.3 Å². The number of ether oxygens (including phenoxy) is 1. The van der Waals surface area contributed by atoms with E-state index in [1.807, 2.05) is 12.1 Å². The third-order valence-corrected chi connectivity index (χ3v) is 7.61. The molecule has 0 amide bonds. The lowest BCUT2D eigenvalue weighted by Crippen LogP contribution is -2.38. The van der Waals surface area contributed by atoms with E-state index in [1.54, 1.807) is 36.2 Å². The molecule has 0 bridgehead atoms. The number of benzene rings is 1. The Bertz CT molecular complexity index is 1210. The minimum atomic E-state index is -2.74. The van der Waals surface area contributed by atoms with Gasteiger partial charge in [-0.3, -0.25) is 9.47 Å². The second kappa shape index (κ2) is 11.9. The van der Waals surface area contributed by atoms with Crippen LogP contribution in [0.5, 0.6) is 0 Å². The Morgan fingerprint density at radius 3 is 2.47 bits per heavy atom. The number of aromatic nitrogens is 3. The van der Waals surface area contributed by atoms with Crippen molar-refractivity contribution in [3.63, 3.8) is 0 Å². The van der Waals surface area contributed by atoms with Crippen LogP contribution in [0.4, 0.5) is 29.2 Å². The molecule has 206 valence electrons. The first kappa shape index (κ1) is 26.7. The Kier molecular flexibility index (Phi) is 8.32. The predicted octanol–water partition coefficient (Wildman–Crippen LogP) is 5.36. The third-order valence-electron chi connectivity index (χ3n) is 7.61. The fraction of sp³-hybridized carbons (Fsp3) is 0.556. The van der Waals surface area contributed by atoms with Gasteiger partial charge in [-0.1, -0.05) is 12.1 Å². The number of halogens is 4. The van der Waals surface area contributed by atoms with Gasteiger partial charge in [0.25, 0.3) is 12.9 Å². The Balaban J connectivity index is 1.38. The molecule has 7 nitrogen and oxygen atoms in total. The maximum atomic E-state index is 14.1. The highest BCUT2D eigenvalue weighted by Gasteiger charge is 2.26. The van der Waals surface area contributed by atoms with Crippen LogP contribution in [0.2, 0.25) is 0 Å². The second-order valence-electron chi connectivity index (χ2n) is 10.1. The van der Waals surface area contributed by atoms with Crippen LogP contribution in [-0.2, 0) is 4.74 Å². The molecule has 11 heteroatoms. The summed E-state index contributed by atoms with van der Waals surface area (Å²) in [6, 6.07) is 10.9. The van der Waals surface area contributed by atoms with E-state index >= 15 is 0 Å². The summed E-state index contributed by atoms with van der Waals surface area (Å²) in [6.45, 7) is 2.97. The molecule has 1 aliphatic heterocycles. The lowest BCUT2D eigenvalue weighted by atomic mass is 9.85. The number of pyridine rings is 1. The fourth-order valence-corrected chi connectivity index (χ4v) is 5.54. The average molecular weight is 535 g/mol. The van der Waals surface area contributed by atoms with Crippen molar-refractivity contribution in [1.29, 1.82) is 0 Å². The zero-order valence-corrected chi connectivity index (χ0v) is 21.5. The Morgan fingerprint density at radius 2 is 1.76 bits per heavy atom. The van der Waals surface area contributed by atoms with E-state index in [1.165, 1.54) is 4.57 Å². The minimum Gasteiger partial charge on any atom is -0.378 e. The zero-order valence-electron chi connectivity index (χ0n) is 21.5. The van der Waals surface area contributed by atoms with Crippen LogP contribution in [0.3, 0.4) is 0 Å². The van der Waals surface area contributed by atoms with Gasteiger partial charge in [-0.2, -0.15) is 0 Å². The molecule has 3 aromatic rings. The van der Waals surface area contributed by atoms with E-state index < -0.39 is 12.9 Å². The Morgan fingerprint density at radius 1 is 1.03 bits per heavy atom. The van der Waals surface area contributed by atoms with Gasteiger partial charge in [0.05, 0.1) is 36.5 Å². The molecular weight excluding hydrogens is 500 g/mol.